The highest BCUT2D eigenvalue weighted by atomic mass is 32.2. The van der Waals surface area contributed by atoms with Gasteiger partial charge in [0.15, 0.2) is 6.61 Å². The van der Waals surface area contributed by atoms with Crippen LogP contribution in [0.4, 0.5) is 17.1 Å². The largest absolute Gasteiger partial charge is 0.482 e. The molecule has 1 aromatic carbocycles. The third-order valence-electron chi connectivity index (χ3n) is 3.70. The second kappa shape index (κ2) is 5.44. The van der Waals surface area contributed by atoms with E-state index in [0.717, 1.165) is 36.6 Å². The van der Waals surface area contributed by atoms with Crippen LogP contribution in [0.25, 0.3) is 0 Å². The maximum atomic E-state index is 11.4. The minimum absolute atomic E-state index is 0.0596. The third kappa shape index (κ3) is 2.52. The Bertz CT molecular complexity index is 535. The fourth-order valence-electron chi connectivity index (χ4n) is 2.59. The van der Waals surface area contributed by atoms with Crippen molar-refractivity contribution in [1.82, 2.24) is 0 Å². The molecule has 0 aliphatic carbocycles. The normalized spacial score (nSPS) is 21.9. The van der Waals surface area contributed by atoms with Crippen LogP contribution >= 0.6 is 11.8 Å². The molecule has 1 atom stereocenters. The van der Waals surface area contributed by atoms with Crippen LogP contribution in [-0.2, 0) is 4.79 Å². The number of hydrogen-bond acceptors (Lipinski definition) is 5. The van der Waals surface area contributed by atoms with Gasteiger partial charge in [0.1, 0.15) is 5.75 Å². The number of ether oxygens (including phenoxy) is 1. The predicted octanol–water partition coefficient (Wildman–Crippen LogP) is 1.93. The summed E-state index contributed by atoms with van der Waals surface area (Å²) in [6, 6.07) is 3.75. The van der Waals surface area contributed by atoms with E-state index in [0.29, 0.717) is 16.7 Å². The van der Waals surface area contributed by atoms with Crippen LogP contribution in [0.15, 0.2) is 12.1 Å². The predicted molar refractivity (Wildman–Crippen MR) is 83.7 cm³/mol. The summed E-state index contributed by atoms with van der Waals surface area (Å²) in [5.41, 5.74) is 8.58. The van der Waals surface area contributed by atoms with Crippen molar-refractivity contribution in [2.24, 2.45) is 0 Å². The molecule has 0 spiro atoms. The number of nitrogens with one attached hydrogen (secondary N) is 1. The van der Waals surface area contributed by atoms with Crippen LogP contribution in [0.5, 0.6) is 5.75 Å². The Kier molecular flexibility index (Phi) is 3.65. The molecule has 20 heavy (non-hydrogen) atoms. The summed E-state index contributed by atoms with van der Waals surface area (Å²) in [6.45, 7) is 4.26. The number of amides is 1. The number of carbonyl (C=O) groups excluding carboxylic acids is 1. The second-order valence-corrected chi connectivity index (χ2v) is 6.50. The van der Waals surface area contributed by atoms with Crippen molar-refractivity contribution in [3.05, 3.63) is 12.1 Å². The lowest BCUT2D eigenvalue weighted by atomic mass is 10.1. The molecule has 0 aromatic heterocycles. The van der Waals surface area contributed by atoms with Crippen LogP contribution in [-0.4, -0.2) is 36.6 Å². The molecule has 2 aliphatic heterocycles. The number of thioether (sulfide) groups is 1. The maximum absolute atomic E-state index is 11.4. The Morgan fingerprint density at radius 1 is 1.55 bits per heavy atom. The van der Waals surface area contributed by atoms with Crippen molar-refractivity contribution in [2.45, 2.75) is 18.6 Å². The van der Waals surface area contributed by atoms with E-state index in [-0.39, 0.29) is 12.5 Å². The molecule has 1 amide bonds. The molecule has 2 heterocycles. The minimum atomic E-state index is -0.117. The molecule has 0 saturated carbocycles. The van der Waals surface area contributed by atoms with Crippen molar-refractivity contribution < 1.29 is 9.53 Å². The zero-order valence-corrected chi connectivity index (χ0v) is 12.3. The summed E-state index contributed by atoms with van der Waals surface area (Å²) in [5, 5.41) is 3.48. The first kappa shape index (κ1) is 13.4. The Labute approximate surface area is 122 Å². The smallest absolute Gasteiger partial charge is 0.262 e. The van der Waals surface area contributed by atoms with Gasteiger partial charge in [-0.2, -0.15) is 11.8 Å². The van der Waals surface area contributed by atoms with Crippen LogP contribution < -0.4 is 20.7 Å². The van der Waals surface area contributed by atoms with E-state index >= 15 is 0 Å². The number of nitrogen functional groups attached to an aromatic ring is 1. The lowest BCUT2D eigenvalue weighted by Crippen LogP contribution is -2.38. The van der Waals surface area contributed by atoms with E-state index < -0.39 is 0 Å². The van der Waals surface area contributed by atoms with Gasteiger partial charge in [-0.1, -0.05) is 6.92 Å². The quantitative estimate of drug-likeness (QED) is 0.816. The molecule has 0 bridgehead atoms. The second-order valence-electron chi connectivity index (χ2n) is 5.09. The van der Waals surface area contributed by atoms with Crippen molar-refractivity contribution in [2.75, 3.05) is 41.4 Å². The molecule has 3 rings (SSSR count). The minimum Gasteiger partial charge on any atom is -0.482 e. The van der Waals surface area contributed by atoms with Gasteiger partial charge in [-0.3, -0.25) is 4.79 Å². The van der Waals surface area contributed by atoms with Gasteiger partial charge in [-0.05, 0) is 12.5 Å². The van der Waals surface area contributed by atoms with Gasteiger partial charge >= 0.3 is 0 Å². The first-order chi connectivity index (χ1) is 9.67. The molecule has 5 nitrogen and oxygen atoms in total. The number of fused-ring (bicyclic) bond motifs is 1. The van der Waals surface area contributed by atoms with Gasteiger partial charge in [-0.15, -0.1) is 0 Å². The third-order valence-corrected chi connectivity index (χ3v) is 5.07. The number of benzene rings is 1. The molecule has 2 aliphatic rings. The molecule has 1 unspecified atom stereocenters. The van der Waals surface area contributed by atoms with Crippen molar-refractivity contribution in [1.29, 1.82) is 0 Å². The molecular formula is C14H19N3O2S. The number of carbonyl (C=O) groups is 1. The molecule has 1 saturated heterocycles. The highest BCUT2D eigenvalue weighted by Crippen LogP contribution is 2.38. The lowest BCUT2D eigenvalue weighted by Gasteiger charge is -2.35. The first-order valence-corrected chi connectivity index (χ1v) is 7.95. The molecule has 1 aromatic rings. The fourth-order valence-corrected chi connectivity index (χ4v) is 3.77. The van der Waals surface area contributed by atoms with Crippen molar-refractivity contribution >= 4 is 34.7 Å². The van der Waals surface area contributed by atoms with E-state index in [1.54, 1.807) is 0 Å². The summed E-state index contributed by atoms with van der Waals surface area (Å²) in [5.74, 6) is 1.65. The number of nitrogens with zero attached hydrogens (tertiary/aromatic N) is 1. The highest BCUT2D eigenvalue weighted by Gasteiger charge is 2.24. The van der Waals surface area contributed by atoms with Crippen molar-refractivity contribution in [3.8, 4) is 5.75 Å². The average Bonchev–Trinajstić information content (AvgIpc) is 2.47. The number of rotatable bonds is 2. The zero-order valence-electron chi connectivity index (χ0n) is 11.5. The average molecular weight is 293 g/mol. The lowest BCUT2D eigenvalue weighted by molar-refractivity contribution is -0.118. The zero-order chi connectivity index (χ0) is 14.1. The SMILES string of the molecule is CCC1CN(c2cc3c(cc2N)OCC(=O)N3)CCS1. The van der Waals surface area contributed by atoms with Crippen molar-refractivity contribution in [3.63, 3.8) is 0 Å². The van der Waals surface area contributed by atoms with E-state index in [9.17, 15) is 4.79 Å². The Balaban J connectivity index is 1.89. The van der Waals surface area contributed by atoms with Gasteiger partial charge in [0.2, 0.25) is 0 Å². The number of anilines is 3. The molecule has 0 radical (unpaired) electrons. The summed E-state index contributed by atoms with van der Waals surface area (Å²) >= 11 is 2.02. The molecule has 6 heteroatoms. The first-order valence-electron chi connectivity index (χ1n) is 6.90. The molecular weight excluding hydrogens is 274 g/mol. The van der Waals surface area contributed by atoms with E-state index in [1.807, 2.05) is 23.9 Å². The van der Waals surface area contributed by atoms with Crippen LogP contribution in [0.2, 0.25) is 0 Å². The molecule has 3 N–H and O–H groups in total. The Morgan fingerprint density at radius 2 is 2.40 bits per heavy atom. The van der Waals surface area contributed by atoms with Gasteiger partial charge in [0, 0.05) is 30.2 Å². The molecule has 1 fully saturated rings. The maximum Gasteiger partial charge on any atom is 0.262 e. The van der Waals surface area contributed by atoms with Crippen LogP contribution in [0, 0.1) is 0 Å². The van der Waals surface area contributed by atoms with Crippen LogP contribution in [0.1, 0.15) is 13.3 Å². The van der Waals surface area contributed by atoms with Gasteiger partial charge in [0.25, 0.3) is 5.91 Å². The highest BCUT2D eigenvalue weighted by molar-refractivity contribution is 8.00. The fraction of sp³-hybridized carbons (Fsp3) is 0.500. The topological polar surface area (TPSA) is 67.6 Å². The number of hydrogen-bond donors (Lipinski definition) is 2. The van der Waals surface area contributed by atoms with E-state index in [4.69, 9.17) is 10.5 Å². The van der Waals surface area contributed by atoms with Gasteiger partial charge < -0.3 is 20.7 Å². The number of nitrogens with two attached hydrogens (primary N) is 1. The standard InChI is InChI=1S/C14H19N3O2S/c1-2-9-7-17(3-4-20-9)12-6-11-13(5-10(12)15)19-8-14(18)16-11/h5-6,9H,2-4,7-8,15H2,1H3,(H,16,18). The van der Waals surface area contributed by atoms with Gasteiger partial charge in [-0.25, -0.2) is 0 Å². The Morgan fingerprint density at radius 3 is 3.20 bits per heavy atom. The summed E-state index contributed by atoms with van der Waals surface area (Å²) < 4.78 is 5.39. The van der Waals surface area contributed by atoms with E-state index in [2.05, 4.69) is 17.1 Å². The van der Waals surface area contributed by atoms with E-state index in [1.165, 1.54) is 0 Å². The summed E-state index contributed by atoms with van der Waals surface area (Å²) in [7, 11) is 0. The monoisotopic (exact) mass is 293 g/mol. The summed E-state index contributed by atoms with van der Waals surface area (Å²) in [4.78, 5) is 13.7. The Hall–Kier alpha value is -1.56. The summed E-state index contributed by atoms with van der Waals surface area (Å²) in [6.07, 6.45) is 1.16. The van der Waals surface area contributed by atoms with Gasteiger partial charge in [0.05, 0.1) is 17.1 Å². The van der Waals surface area contributed by atoms with Crippen LogP contribution in [0.3, 0.4) is 0 Å². The molecule has 108 valence electrons.